The molecule has 2 aliphatic heterocycles. The van der Waals surface area contributed by atoms with E-state index in [9.17, 15) is 9.59 Å². The largest absolute Gasteiger partial charge is 0.374 e. The maximum Gasteiger partial charge on any atom is 0.270 e. The van der Waals surface area contributed by atoms with Crippen molar-refractivity contribution in [3.63, 3.8) is 0 Å². The zero-order chi connectivity index (χ0) is 14.1. The van der Waals surface area contributed by atoms with Gasteiger partial charge in [-0.05, 0) is 12.8 Å². The van der Waals surface area contributed by atoms with Gasteiger partial charge in [-0.1, -0.05) is 12.8 Å². The second-order valence-electron chi connectivity index (χ2n) is 5.72. The van der Waals surface area contributed by atoms with E-state index in [2.05, 4.69) is 5.10 Å². The van der Waals surface area contributed by atoms with Crippen molar-refractivity contribution in [3.8, 4) is 0 Å². The monoisotopic (exact) mass is 279 g/mol. The summed E-state index contributed by atoms with van der Waals surface area (Å²) in [4.78, 5) is 26.0. The number of hydrogen-bond acceptors (Lipinski definition) is 4. The van der Waals surface area contributed by atoms with Crippen LogP contribution >= 0.6 is 0 Å². The fourth-order valence-electron chi connectivity index (χ4n) is 3.34. The van der Waals surface area contributed by atoms with Gasteiger partial charge in [0.25, 0.3) is 5.91 Å². The molecular weight excluding hydrogens is 258 g/mol. The Kier molecular flexibility index (Phi) is 3.74. The van der Waals surface area contributed by atoms with E-state index in [1.807, 2.05) is 4.90 Å². The molecule has 3 rings (SSSR count). The first-order valence-corrected chi connectivity index (χ1v) is 7.43. The molecule has 0 aromatic carbocycles. The summed E-state index contributed by atoms with van der Waals surface area (Å²) in [6.45, 7) is 1.24. The number of rotatable bonds is 1. The zero-order valence-electron chi connectivity index (χ0n) is 11.9. The summed E-state index contributed by atoms with van der Waals surface area (Å²) in [6.07, 6.45) is 5.40. The first-order valence-electron chi connectivity index (χ1n) is 7.43. The smallest absolute Gasteiger partial charge is 0.270 e. The molecule has 3 aliphatic rings. The van der Waals surface area contributed by atoms with Crippen LogP contribution in [0.5, 0.6) is 0 Å². The summed E-state index contributed by atoms with van der Waals surface area (Å²) in [5, 5.41) is 5.43. The predicted molar refractivity (Wildman–Crippen MR) is 73.1 cm³/mol. The number of fused-ring (bicyclic) bond motifs is 1. The fourth-order valence-corrected chi connectivity index (χ4v) is 3.34. The lowest BCUT2D eigenvalue weighted by Gasteiger charge is -2.44. The minimum Gasteiger partial charge on any atom is -0.374 e. The lowest BCUT2D eigenvalue weighted by molar-refractivity contribution is -0.143. The van der Waals surface area contributed by atoms with Crippen LogP contribution in [0.1, 0.15) is 38.5 Å². The molecular formula is C14H21N3O3. The molecule has 0 aromatic heterocycles. The molecule has 2 amide bonds. The van der Waals surface area contributed by atoms with Crippen LogP contribution in [-0.2, 0) is 14.3 Å². The highest BCUT2D eigenvalue weighted by molar-refractivity contribution is 6.39. The molecule has 1 saturated carbocycles. The van der Waals surface area contributed by atoms with Crippen LogP contribution in [0.3, 0.4) is 0 Å². The quantitative estimate of drug-likeness (QED) is 0.712. The van der Waals surface area contributed by atoms with Crippen molar-refractivity contribution < 1.29 is 14.3 Å². The Morgan fingerprint density at radius 1 is 1.30 bits per heavy atom. The van der Waals surface area contributed by atoms with Crippen molar-refractivity contribution >= 4 is 17.5 Å². The van der Waals surface area contributed by atoms with Gasteiger partial charge in [0.1, 0.15) is 5.71 Å². The van der Waals surface area contributed by atoms with Crippen LogP contribution in [0.25, 0.3) is 0 Å². The highest BCUT2D eigenvalue weighted by atomic mass is 16.5. The van der Waals surface area contributed by atoms with Crippen LogP contribution in [0, 0.1) is 0 Å². The molecule has 2 atom stereocenters. The van der Waals surface area contributed by atoms with Crippen molar-refractivity contribution in [1.82, 2.24) is 9.91 Å². The summed E-state index contributed by atoms with van der Waals surface area (Å²) in [5.41, 5.74) is 0.512. The molecule has 2 heterocycles. The molecule has 0 unspecified atom stereocenters. The average Bonchev–Trinajstić information content (AvgIpc) is 2.49. The Morgan fingerprint density at radius 2 is 2.10 bits per heavy atom. The van der Waals surface area contributed by atoms with Gasteiger partial charge >= 0.3 is 0 Å². The Balaban J connectivity index is 1.75. The van der Waals surface area contributed by atoms with Crippen LogP contribution < -0.4 is 0 Å². The summed E-state index contributed by atoms with van der Waals surface area (Å²) in [6, 6.07) is 0.190. The number of ether oxygens (including phenoxy) is 1. The normalized spacial score (nSPS) is 30.9. The molecule has 0 bridgehead atoms. The van der Waals surface area contributed by atoms with Gasteiger partial charge in [0, 0.05) is 26.4 Å². The molecule has 0 N–H and O–H groups in total. The summed E-state index contributed by atoms with van der Waals surface area (Å²) >= 11 is 0. The maximum absolute atomic E-state index is 12.7. The first kappa shape index (κ1) is 13.5. The predicted octanol–water partition coefficient (Wildman–Crippen LogP) is 0.765. The Labute approximate surface area is 118 Å². The van der Waals surface area contributed by atoms with E-state index in [1.165, 1.54) is 11.4 Å². The number of hydrazone groups is 1. The number of amides is 2. The van der Waals surface area contributed by atoms with Gasteiger partial charge < -0.3 is 9.64 Å². The van der Waals surface area contributed by atoms with Crippen molar-refractivity contribution in [2.45, 2.75) is 50.7 Å². The van der Waals surface area contributed by atoms with E-state index in [0.29, 0.717) is 31.7 Å². The lowest BCUT2D eigenvalue weighted by atomic mass is 9.89. The summed E-state index contributed by atoms with van der Waals surface area (Å²) in [5.74, 6) is -0.0383. The number of morpholine rings is 1. The third-order valence-electron chi connectivity index (χ3n) is 4.45. The van der Waals surface area contributed by atoms with Crippen molar-refractivity contribution in [2.24, 2.45) is 5.10 Å². The Bertz CT molecular complexity index is 447. The molecule has 110 valence electrons. The molecule has 0 aromatic rings. The van der Waals surface area contributed by atoms with Crippen LogP contribution in [0.2, 0.25) is 0 Å². The van der Waals surface area contributed by atoms with Crippen molar-refractivity contribution in [1.29, 1.82) is 0 Å². The molecule has 1 saturated heterocycles. The van der Waals surface area contributed by atoms with Gasteiger partial charge in [-0.2, -0.15) is 5.10 Å². The van der Waals surface area contributed by atoms with E-state index in [1.54, 1.807) is 7.05 Å². The summed E-state index contributed by atoms with van der Waals surface area (Å²) < 4.78 is 5.79. The third kappa shape index (κ3) is 2.44. The fraction of sp³-hybridized carbons (Fsp3) is 0.786. The molecule has 0 spiro atoms. The topological polar surface area (TPSA) is 62.2 Å². The minimum atomic E-state index is -0.0286. The number of hydrogen-bond donors (Lipinski definition) is 0. The number of nitrogens with zero attached hydrogens (tertiary/aromatic N) is 3. The van der Waals surface area contributed by atoms with E-state index in [4.69, 9.17) is 4.74 Å². The second-order valence-corrected chi connectivity index (χ2v) is 5.72. The van der Waals surface area contributed by atoms with Crippen LogP contribution in [0.4, 0.5) is 0 Å². The van der Waals surface area contributed by atoms with Gasteiger partial charge in [0.15, 0.2) is 0 Å². The summed E-state index contributed by atoms with van der Waals surface area (Å²) in [7, 11) is 1.61. The van der Waals surface area contributed by atoms with Gasteiger partial charge in [-0.25, -0.2) is 5.01 Å². The molecule has 6 heteroatoms. The van der Waals surface area contributed by atoms with Gasteiger partial charge in [0.2, 0.25) is 5.91 Å². The van der Waals surface area contributed by atoms with Gasteiger partial charge in [-0.15, -0.1) is 0 Å². The van der Waals surface area contributed by atoms with E-state index >= 15 is 0 Å². The van der Waals surface area contributed by atoms with Gasteiger partial charge in [-0.3, -0.25) is 9.59 Å². The highest BCUT2D eigenvalue weighted by Gasteiger charge is 2.38. The van der Waals surface area contributed by atoms with Crippen molar-refractivity contribution in [3.05, 3.63) is 0 Å². The molecule has 1 aliphatic carbocycles. The first-order chi connectivity index (χ1) is 9.66. The van der Waals surface area contributed by atoms with E-state index < -0.39 is 0 Å². The third-order valence-corrected chi connectivity index (χ3v) is 4.45. The van der Waals surface area contributed by atoms with Crippen molar-refractivity contribution in [2.75, 3.05) is 20.2 Å². The molecule has 20 heavy (non-hydrogen) atoms. The second kappa shape index (κ2) is 5.52. The molecule has 2 fully saturated rings. The standard InChI is InChI=1S/C14H21N3O3/c1-16-13(18)7-6-10(15-16)14(19)17-8-9-20-12-5-3-2-4-11(12)17/h11-12H,2-9H2,1H3/t11-,12-/m0/s1. The van der Waals surface area contributed by atoms with Crippen LogP contribution in [0.15, 0.2) is 5.10 Å². The molecule has 6 nitrogen and oxygen atoms in total. The maximum atomic E-state index is 12.7. The molecule has 0 radical (unpaired) electrons. The average molecular weight is 279 g/mol. The van der Waals surface area contributed by atoms with Crippen LogP contribution in [-0.4, -0.2) is 59.8 Å². The number of carbonyl (C=O) groups excluding carboxylic acids is 2. The SMILES string of the molecule is CN1N=C(C(=O)N2CCO[C@H]3CCCC[C@@H]32)CCC1=O. The Morgan fingerprint density at radius 3 is 2.90 bits per heavy atom. The van der Waals surface area contributed by atoms with E-state index in [-0.39, 0.29) is 24.0 Å². The number of carbonyl (C=O) groups is 2. The van der Waals surface area contributed by atoms with Gasteiger partial charge in [0.05, 0.1) is 18.8 Å². The minimum absolute atomic E-state index is 0.00968. The highest BCUT2D eigenvalue weighted by Crippen LogP contribution is 2.29. The zero-order valence-corrected chi connectivity index (χ0v) is 11.9. The Hall–Kier alpha value is -1.43. The van der Waals surface area contributed by atoms with E-state index in [0.717, 1.165) is 19.3 Å². The lowest BCUT2D eigenvalue weighted by Crippen LogP contribution is -2.56.